The molecule has 0 aliphatic heterocycles. The van der Waals surface area contributed by atoms with Crippen LogP contribution < -0.4 is 15.6 Å². The van der Waals surface area contributed by atoms with Crippen molar-refractivity contribution in [2.45, 2.75) is 39.2 Å². The Hall–Kier alpha value is -2.66. The van der Waals surface area contributed by atoms with Crippen LogP contribution in [-0.4, -0.2) is 23.2 Å². The smallest absolute Gasteiger partial charge is 0.266 e. The lowest BCUT2D eigenvalue weighted by Crippen LogP contribution is -2.85. The Labute approximate surface area is 160 Å². The fourth-order valence-electron chi connectivity index (χ4n) is 3.37. The SMILES string of the molecule is CCCCC[NH2+][C@H](C)c1nc2ccccc2c(=O)n1-c1ccccc1OC. The Kier molecular flexibility index (Phi) is 6.24. The maximum Gasteiger partial charge on any atom is 0.266 e. The first-order valence-corrected chi connectivity index (χ1v) is 9.65. The van der Waals surface area contributed by atoms with E-state index in [1.165, 1.54) is 12.8 Å². The van der Waals surface area contributed by atoms with Gasteiger partial charge in [0.05, 0.1) is 30.2 Å². The average molecular weight is 366 g/mol. The van der Waals surface area contributed by atoms with Gasteiger partial charge in [0, 0.05) is 0 Å². The molecule has 0 bridgehead atoms. The van der Waals surface area contributed by atoms with Gasteiger partial charge >= 0.3 is 0 Å². The van der Waals surface area contributed by atoms with Gasteiger partial charge in [-0.25, -0.2) is 4.98 Å². The Morgan fingerprint density at radius 3 is 2.63 bits per heavy atom. The molecule has 0 fully saturated rings. The molecular formula is C22H28N3O2+. The number of unbranched alkanes of at least 4 members (excludes halogenated alkanes) is 2. The quantitative estimate of drug-likeness (QED) is 0.623. The maximum absolute atomic E-state index is 13.4. The lowest BCUT2D eigenvalue weighted by Gasteiger charge is -2.19. The molecule has 0 amide bonds. The first-order valence-electron chi connectivity index (χ1n) is 9.65. The molecule has 2 N–H and O–H groups in total. The molecular weight excluding hydrogens is 338 g/mol. The van der Waals surface area contributed by atoms with Gasteiger partial charge in [0.25, 0.3) is 5.56 Å². The molecule has 0 saturated heterocycles. The van der Waals surface area contributed by atoms with Crippen LogP contribution in [0.15, 0.2) is 53.3 Å². The van der Waals surface area contributed by atoms with Crippen LogP contribution in [0, 0.1) is 0 Å². The number of para-hydroxylation sites is 3. The minimum absolute atomic E-state index is 0.0593. The van der Waals surface area contributed by atoms with Crippen molar-refractivity contribution in [3.63, 3.8) is 0 Å². The van der Waals surface area contributed by atoms with Crippen molar-refractivity contribution < 1.29 is 10.1 Å². The Balaban J connectivity index is 2.14. The molecule has 142 valence electrons. The predicted molar refractivity (Wildman–Crippen MR) is 109 cm³/mol. The van der Waals surface area contributed by atoms with E-state index in [4.69, 9.17) is 9.72 Å². The number of hydrogen-bond donors (Lipinski definition) is 1. The highest BCUT2D eigenvalue weighted by Crippen LogP contribution is 2.24. The van der Waals surface area contributed by atoms with Crippen LogP contribution in [-0.2, 0) is 0 Å². The van der Waals surface area contributed by atoms with Gasteiger partial charge in [0.1, 0.15) is 11.8 Å². The van der Waals surface area contributed by atoms with Crippen molar-refractivity contribution in [2.24, 2.45) is 0 Å². The highest BCUT2D eigenvalue weighted by molar-refractivity contribution is 5.78. The molecule has 1 aromatic heterocycles. The summed E-state index contributed by atoms with van der Waals surface area (Å²) in [6, 6.07) is 15.2. The first kappa shape index (κ1) is 19.1. The zero-order valence-corrected chi connectivity index (χ0v) is 16.3. The molecule has 0 radical (unpaired) electrons. The zero-order chi connectivity index (χ0) is 19.2. The van der Waals surface area contributed by atoms with E-state index in [-0.39, 0.29) is 11.6 Å². The minimum Gasteiger partial charge on any atom is -0.495 e. The first-order chi connectivity index (χ1) is 13.2. The minimum atomic E-state index is -0.0612. The summed E-state index contributed by atoms with van der Waals surface area (Å²) < 4.78 is 7.23. The fraction of sp³-hybridized carbons (Fsp3) is 0.364. The second-order valence-corrected chi connectivity index (χ2v) is 6.82. The molecule has 1 atom stereocenters. The number of rotatable bonds is 8. The molecule has 0 saturated carbocycles. The van der Waals surface area contributed by atoms with E-state index in [0.717, 1.165) is 30.0 Å². The van der Waals surface area contributed by atoms with Crippen LogP contribution in [0.2, 0.25) is 0 Å². The summed E-state index contributed by atoms with van der Waals surface area (Å²) in [6.45, 7) is 5.33. The Bertz CT molecular complexity index is 965. The third-order valence-electron chi connectivity index (χ3n) is 4.86. The van der Waals surface area contributed by atoms with Crippen molar-refractivity contribution >= 4 is 10.9 Å². The van der Waals surface area contributed by atoms with Crippen LogP contribution >= 0.6 is 0 Å². The van der Waals surface area contributed by atoms with Gasteiger partial charge in [0.2, 0.25) is 0 Å². The largest absolute Gasteiger partial charge is 0.495 e. The summed E-state index contributed by atoms with van der Waals surface area (Å²) >= 11 is 0. The predicted octanol–water partition coefficient (Wildman–Crippen LogP) is 3.21. The van der Waals surface area contributed by atoms with Crippen LogP contribution in [0.3, 0.4) is 0 Å². The molecule has 0 unspecified atom stereocenters. The number of benzene rings is 2. The van der Waals surface area contributed by atoms with Gasteiger partial charge in [-0.2, -0.15) is 0 Å². The van der Waals surface area contributed by atoms with E-state index in [0.29, 0.717) is 11.1 Å². The van der Waals surface area contributed by atoms with Gasteiger partial charge in [0.15, 0.2) is 5.82 Å². The molecule has 5 nitrogen and oxygen atoms in total. The number of hydrogen-bond acceptors (Lipinski definition) is 3. The van der Waals surface area contributed by atoms with Gasteiger partial charge in [-0.1, -0.05) is 37.6 Å². The number of nitrogens with two attached hydrogens (primary N) is 1. The van der Waals surface area contributed by atoms with Gasteiger partial charge in [-0.05, 0) is 44.0 Å². The topological polar surface area (TPSA) is 60.7 Å². The van der Waals surface area contributed by atoms with Gasteiger partial charge in [-0.3, -0.25) is 9.36 Å². The highest BCUT2D eigenvalue weighted by Gasteiger charge is 2.21. The van der Waals surface area contributed by atoms with E-state index in [1.54, 1.807) is 11.7 Å². The Morgan fingerprint density at radius 2 is 1.85 bits per heavy atom. The normalized spacial score (nSPS) is 12.3. The highest BCUT2D eigenvalue weighted by atomic mass is 16.5. The summed E-state index contributed by atoms with van der Waals surface area (Å²) in [4.78, 5) is 18.2. The van der Waals surface area contributed by atoms with Crippen LogP contribution in [0.5, 0.6) is 5.75 Å². The number of methoxy groups -OCH3 is 1. The second kappa shape index (κ2) is 8.82. The van der Waals surface area contributed by atoms with E-state index in [2.05, 4.69) is 19.2 Å². The average Bonchev–Trinajstić information content (AvgIpc) is 2.71. The molecule has 3 aromatic rings. The molecule has 3 rings (SSSR count). The third-order valence-corrected chi connectivity index (χ3v) is 4.86. The summed E-state index contributed by atoms with van der Waals surface area (Å²) in [7, 11) is 1.62. The van der Waals surface area contributed by atoms with Gasteiger partial charge in [-0.15, -0.1) is 0 Å². The summed E-state index contributed by atoms with van der Waals surface area (Å²) in [5.41, 5.74) is 1.40. The fourth-order valence-corrected chi connectivity index (χ4v) is 3.37. The van der Waals surface area contributed by atoms with Crippen molar-refractivity contribution in [3.05, 3.63) is 64.7 Å². The van der Waals surface area contributed by atoms with Crippen LogP contribution in [0.1, 0.15) is 45.0 Å². The zero-order valence-electron chi connectivity index (χ0n) is 16.3. The van der Waals surface area contributed by atoms with Crippen molar-refractivity contribution in [1.82, 2.24) is 9.55 Å². The third kappa shape index (κ3) is 4.03. The number of ether oxygens (including phenoxy) is 1. The second-order valence-electron chi connectivity index (χ2n) is 6.82. The molecule has 27 heavy (non-hydrogen) atoms. The molecule has 0 spiro atoms. The summed E-state index contributed by atoms with van der Waals surface area (Å²) in [5, 5.41) is 2.88. The van der Waals surface area contributed by atoms with E-state index in [1.807, 2.05) is 48.5 Å². The van der Waals surface area contributed by atoms with Crippen molar-refractivity contribution in [1.29, 1.82) is 0 Å². The van der Waals surface area contributed by atoms with Gasteiger partial charge < -0.3 is 10.1 Å². The lowest BCUT2D eigenvalue weighted by atomic mass is 10.2. The molecule has 0 aliphatic carbocycles. The number of aromatic nitrogens is 2. The van der Waals surface area contributed by atoms with E-state index in [9.17, 15) is 4.79 Å². The Morgan fingerprint density at radius 1 is 1.11 bits per heavy atom. The van der Waals surface area contributed by atoms with E-state index >= 15 is 0 Å². The monoisotopic (exact) mass is 366 g/mol. The molecule has 1 heterocycles. The molecule has 0 aliphatic rings. The maximum atomic E-state index is 13.4. The molecule has 5 heteroatoms. The summed E-state index contributed by atoms with van der Waals surface area (Å²) in [6.07, 6.45) is 3.57. The number of fused-ring (bicyclic) bond motifs is 1. The number of nitrogens with zero attached hydrogens (tertiary/aromatic N) is 2. The van der Waals surface area contributed by atoms with Crippen LogP contribution in [0.4, 0.5) is 0 Å². The van der Waals surface area contributed by atoms with Crippen molar-refractivity contribution in [2.75, 3.05) is 13.7 Å². The number of quaternary nitrogens is 1. The van der Waals surface area contributed by atoms with Crippen LogP contribution in [0.25, 0.3) is 16.6 Å². The van der Waals surface area contributed by atoms with Crippen molar-refractivity contribution in [3.8, 4) is 11.4 Å². The lowest BCUT2D eigenvalue weighted by molar-refractivity contribution is -0.694. The van der Waals surface area contributed by atoms with E-state index < -0.39 is 0 Å². The summed E-state index contributed by atoms with van der Waals surface area (Å²) in [5.74, 6) is 1.41. The molecule has 2 aromatic carbocycles. The standard InChI is InChI=1S/C22H27N3O2/c1-4-5-10-15-23-16(2)21-24-18-12-7-6-11-17(18)22(26)25(21)19-13-8-9-14-20(19)27-3/h6-9,11-14,16,23H,4-5,10,15H2,1-3H3/p+1/t16-/m1/s1.